The zero-order valence-electron chi connectivity index (χ0n) is 8.54. The number of aromatic nitrogens is 3. The third-order valence-electron chi connectivity index (χ3n) is 3.01. The predicted octanol–water partition coefficient (Wildman–Crippen LogP) is 2.69. The molecule has 0 amide bonds. The quantitative estimate of drug-likeness (QED) is 0.723. The summed E-state index contributed by atoms with van der Waals surface area (Å²) in [4.78, 5) is 0. The first-order chi connectivity index (χ1) is 6.86. The van der Waals surface area contributed by atoms with Crippen LogP contribution in [0.4, 0.5) is 0 Å². The van der Waals surface area contributed by atoms with E-state index in [0.717, 1.165) is 18.2 Å². The van der Waals surface area contributed by atoms with Gasteiger partial charge in [0.15, 0.2) is 0 Å². The maximum absolute atomic E-state index is 5.81. The van der Waals surface area contributed by atoms with Gasteiger partial charge in [-0.05, 0) is 19.8 Å². The summed E-state index contributed by atoms with van der Waals surface area (Å²) in [6.45, 7) is 3.05. The van der Waals surface area contributed by atoms with Crippen molar-refractivity contribution in [2.24, 2.45) is 0 Å². The Morgan fingerprint density at radius 2 is 2.07 bits per heavy atom. The van der Waals surface area contributed by atoms with Crippen LogP contribution in [0.3, 0.4) is 0 Å². The lowest BCUT2D eigenvalue weighted by atomic mass is 10.1. The molecule has 1 aromatic heterocycles. The molecule has 0 unspecified atom stereocenters. The van der Waals surface area contributed by atoms with Crippen molar-refractivity contribution < 1.29 is 0 Å². The first-order valence-corrected chi connectivity index (χ1v) is 5.88. The highest BCUT2D eigenvalue weighted by molar-refractivity contribution is 6.16. The van der Waals surface area contributed by atoms with Crippen LogP contribution in [0.2, 0.25) is 0 Å². The molecule has 0 aromatic carbocycles. The highest BCUT2D eigenvalue weighted by Gasteiger charge is 2.23. The van der Waals surface area contributed by atoms with Crippen molar-refractivity contribution in [1.29, 1.82) is 0 Å². The molecule has 0 radical (unpaired) electrons. The van der Waals surface area contributed by atoms with Gasteiger partial charge in [0.1, 0.15) is 11.6 Å². The standard InChI is InChI=1S/C10H16ClN3/c1-2-14-9(7-11)12-13-10(14)8-5-3-4-6-8/h8H,2-7H2,1H3. The number of nitrogens with zero attached hydrogens (tertiary/aromatic N) is 3. The minimum atomic E-state index is 0.466. The lowest BCUT2D eigenvalue weighted by Gasteiger charge is -2.10. The van der Waals surface area contributed by atoms with Gasteiger partial charge in [-0.3, -0.25) is 0 Å². The highest BCUT2D eigenvalue weighted by Crippen LogP contribution is 2.33. The molecule has 1 aliphatic carbocycles. The van der Waals surface area contributed by atoms with Gasteiger partial charge >= 0.3 is 0 Å². The predicted molar refractivity (Wildman–Crippen MR) is 56.5 cm³/mol. The molecule has 78 valence electrons. The Morgan fingerprint density at radius 3 is 2.64 bits per heavy atom. The van der Waals surface area contributed by atoms with Crippen LogP contribution in [0.5, 0.6) is 0 Å². The normalized spacial score (nSPS) is 17.9. The smallest absolute Gasteiger partial charge is 0.147 e. The Morgan fingerprint density at radius 1 is 1.36 bits per heavy atom. The molecule has 0 bridgehead atoms. The fourth-order valence-electron chi connectivity index (χ4n) is 2.28. The second kappa shape index (κ2) is 4.30. The van der Waals surface area contributed by atoms with Crippen LogP contribution in [0.25, 0.3) is 0 Å². The number of hydrogen-bond donors (Lipinski definition) is 0. The zero-order chi connectivity index (χ0) is 9.97. The first kappa shape index (κ1) is 9.97. The van der Waals surface area contributed by atoms with Crippen molar-refractivity contribution in [2.75, 3.05) is 0 Å². The molecule has 1 heterocycles. The van der Waals surface area contributed by atoms with E-state index >= 15 is 0 Å². The first-order valence-electron chi connectivity index (χ1n) is 5.34. The van der Waals surface area contributed by atoms with Gasteiger partial charge in [0, 0.05) is 12.5 Å². The van der Waals surface area contributed by atoms with E-state index in [1.54, 1.807) is 0 Å². The number of rotatable bonds is 3. The molecular formula is C10H16ClN3. The fraction of sp³-hybridized carbons (Fsp3) is 0.800. The Hall–Kier alpha value is -0.570. The molecule has 1 aromatic rings. The van der Waals surface area contributed by atoms with Crippen LogP contribution >= 0.6 is 11.6 Å². The minimum Gasteiger partial charge on any atom is -0.314 e. The molecule has 1 saturated carbocycles. The molecule has 0 spiro atoms. The van der Waals surface area contributed by atoms with E-state index in [1.165, 1.54) is 25.7 Å². The molecule has 4 heteroatoms. The molecule has 0 atom stereocenters. The molecule has 1 fully saturated rings. The van der Waals surface area contributed by atoms with Crippen molar-refractivity contribution in [1.82, 2.24) is 14.8 Å². The Bertz CT molecular complexity index is 302. The van der Waals surface area contributed by atoms with Crippen LogP contribution in [-0.2, 0) is 12.4 Å². The van der Waals surface area contributed by atoms with E-state index in [0.29, 0.717) is 11.8 Å². The van der Waals surface area contributed by atoms with Gasteiger partial charge in [0.2, 0.25) is 0 Å². The summed E-state index contributed by atoms with van der Waals surface area (Å²) in [6, 6.07) is 0. The number of halogens is 1. The SMILES string of the molecule is CCn1c(CCl)nnc1C1CCCC1. The summed E-state index contributed by atoms with van der Waals surface area (Å²) in [6.07, 6.45) is 5.19. The van der Waals surface area contributed by atoms with Gasteiger partial charge in [-0.2, -0.15) is 0 Å². The van der Waals surface area contributed by atoms with E-state index in [4.69, 9.17) is 11.6 Å². The van der Waals surface area contributed by atoms with E-state index < -0.39 is 0 Å². The van der Waals surface area contributed by atoms with Crippen molar-refractivity contribution >= 4 is 11.6 Å². The Kier molecular flexibility index (Phi) is 3.06. The third-order valence-corrected chi connectivity index (χ3v) is 3.25. The maximum Gasteiger partial charge on any atom is 0.147 e. The average molecular weight is 214 g/mol. The summed E-state index contributed by atoms with van der Waals surface area (Å²) in [5.74, 6) is 3.16. The minimum absolute atomic E-state index is 0.466. The Labute approximate surface area is 89.5 Å². The molecule has 0 N–H and O–H groups in total. The molecule has 2 rings (SSSR count). The topological polar surface area (TPSA) is 30.7 Å². The highest BCUT2D eigenvalue weighted by atomic mass is 35.5. The van der Waals surface area contributed by atoms with Gasteiger partial charge in [-0.15, -0.1) is 21.8 Å². The maximum atomic E-state index is 5.81. The summed E-state index contributed by atoms with van der Waals surface area (Å²) in [5, 5.41) is 8.40. The summed E-state index contributed by atoms with van der Waals surface area (Å²) in [5.41, 5.74) is 0. The molecule has 14 heavy (non-hydrogen) atoms. The fourth-order valence-corrected chi connectivity index (χ4v) is 2.48. The van der Waals surface area contributed by atoms with Gasteiger partial charge in [-0.1, -0.05) is 12.8 Å². The molecule has 0 saturated heterocycles. The van der Waals surface area contributed by atoms with Crippen LogP contribution < -0.4 is 0 Å². The van der Waals surface area contributed by atoms with E-state index in [9.17, 15) is 0 Å². The zero-order valence-corrected chi connectivity index (χ0v) is 9.30. The van der Waals surface area contributed by atoms with E-state index in [2.05, 4.69) is 21.7 Å². The van der Waals surface area contributed by atoms with E-state index in [1.807, 2.05) is 0 Å². The van der Waals surface area contributed by atoms with Crippen LogP contribution in [0, 0.1) is 0 Å². The Balaban J connectivity index is 2.27. The van der Waals surface area contributed by atoms with Gasteiger partial charge in [0.05, 0.1) is 5.88 Å². The van der Waals surface area contributed by atoms with E-state index in [-0.39, 0.29) is 0 Å². The molecular weight excluding hydrogens is 198 g/mol. The van der Waals surface area contributed by atoms with Gasteiger partial charge in [0.25, 0.3) is 0 Å². The van der Waals surface area contributed by atoms with Crippen LogP contribution in [0.15, 0.2) is 0 Å². The molecule has 0 aliphatic heterocycles. The largest absolute Gasteiger partial charge is 0.314 e. The van der Waals surface area contributed by atoms with Crippen LogP contribution in [0.1, 0.15) is 50.2 Å². The van der Waals surface area contributed by atoms with Crippen molar-refractivity contribution in [3.8, 4) is 0 Å². The monoisotopic (exact) mass is 213 g/mol. The molecule has 3 nitrogen and oxygen atoms in total. The summed E-state index contributed by atoms with van der Waals surface area (Å²) >= 11 is 5.81. The van der Waals surface area contributed by atoms with Crippen molar-refractivity contribution in [3.05, 3.63) is 11.6 Å². The van der Waals surface area contributed by atoms with Crippen molar-refractivity contribution in [2.45, 2.75) is 50.9 Å². The number of alkyl halides is 1. The van der Waals surface area contributed by atoms with Gasteiger partial charge < -0.3 is 4.57 Å². The second-order valence-corrected chi connectivity index (χ2v) is 4.10. The van der Waals surface area contributed by atoms with Crippen LogP contribution in [-0.4, -0.2) is 14.8 Å². The summed E-state index contributed by atoms with van der Waals surface area (Å²) in [7, 11) is 0. The van der Waals surface area contributed by atoms with Gasteiger partial charge in [-0.25, -0.2) is 0 Å². The molecule has 1 aliphatic rings. The lowest BCUT2D eigenvalue weighted by Crippen LogP contribution is -2.08. The number of hydrogen-bond acceptors (Lipinski definition) is 2. The third kappa shape index (κ3) is 1.65. The lowest BCUT2D eigenvalue weighted by molar-refractivity contribution is 0.591. The van der Waals surface area contributed by atoms with Crippen molar-refractivity contribution in [3.63, 3.8) is 0 Å². The summed E-state index contributed by atoms with van der Waals surface area (Å²) < 4.78 is 2.17. The second-order valence-electron chi connectivity index (χ2n) is 3.83. The average Bonchev–Trinajstić information content (AvgIpc) is 2.85.